The quantitative estimate of drug-likeness (QED) is 0.862. The minimum absolute atomic E-state index is 0.00239. The molecule has 2 saturated heterocycles. The van der Waals surface area contributed by atoms with Crippen LogP contribution in [0.4, 0.5) is 4.39 Å². The smallest absolute Gasteiger partial charge is 0.226 e. The molecule has 0 bridgehead atoms. The zero-order valence-corrected chi connectivity index (χ0v) is 15.4. The molecule has 2 N–H and O–H groups in total. The van der Waals surface area contributed by atoms with E-state index in [0.717, 1.165) is 31.5 Å². The zero-order chi connectivity index (χ0) is 18.5. The maximum absolute atomic E-state index is 13.6. The summed E-state index contributed by atoms with van der Waals surface area (Å²) in [5.41, 5.74) is 1.36. The average molecular weight is 361 g/mol. The van der Waals surface area contributed by atoms with Gasteiger partial charge in [0.15, 0.2) is 0 Å². The van der Waals surface area contributed by atoms with Crippen LogP contribution < -0.4 is 10.6 Å². The molecular weight excluding hydrogens is 333 g/mol. The number of nitrogens with zero attached hydrogens (tertiary/aromatic N) is 1. The van der Waals surface area contributed by atoms with Gasteiger partial charge >= 0.3 is 0 Å². The summed E-state index contributed by atoms with van der Waals surface area (Å²) in [7, 11) is 0. The minimum atomic E-state index is -0.249. The molecule has 1 atom stereocenters. The van der Waals surface area contributed by atoms with Crippen molar-refractivity contribution < 1.29 is 14.0 Å². The van der Waals surface area contributed by atoms with Crippen LogP contribution >= 0.6 is 0 Å². The Morgan fingerprint density at radius 1 is 1.23 bits per heavy atom. The van der Waals surface area contributed by atoms with E-state index in [0.29, 0.717) is 38.0 Å². The number of carbonyl (C=O) groups is 2. The predicted octanol–water partition coefficient (Wildman–Crippen LogP) is 1.99. The first-order valence-corrected chi connectivity index (χ1v) is 9.57. The Labute approximate surface area is 154 Å². The summed E-state index contributed by atoms with van der Waals surface area (Å²) in [5.74, 6) is -0.00578. The molecule has 0 aliphatic carbocycles. The fourth-order valence-corrected chi connectivity index (χ4v) is 3.76. The summed E-state index contributed by atoms with van der Waals surface area (Å²) in [5, 5.41) is 6.19. The lowest BCUT2D eigenvalue weighted by Crippen LogP contribution is -2.47. The molecule has 0 radical (unpaired) electrons. The van der Waals surface area contributed by atoms with Crippen LogP contribution in [0, 0.1) is 24.6 Å². The van der Waals surface area contributed by atoms with Crippen LogP contribution in [0.1, 0.15) is 36.8 Å². The van der Waals surface area contributed by atoms with E-state index in [1.807, 2.05) is 11.0 Å². The van der Waals surface area contributed by atoms with Crippen LogP contribution in [0.15, 0.2) is 18.2 Å². The molecule has 1 unspecified atom stereocenters. The number of benzene rings is 1. The number of hydrogen-bond acceptors (Lipinski definition) is 3. The maximum Gasteiger partial charge on any atom is 0.226 e. The van der Waals surface area contributed by atoms with Gasteiger partial charge in [0.2, 0.25) is 11.8 Å². The van der Waals surface area contributed by atoms with Crippen LogP contribution in [-0.4, -0.2) is 42.9 Å². The number of nitrogens with one attached hydrogen (secondary N) is 2. The highest BCUT2D eigenvalue weighted by Crippen LogP contribution is 2.21. The summed E-state index contributed by atoms with van der Waals surface area (Å²) >= 11 is 0. The molecule has 2 amide bonds. The van der Waals surface area contributed by atoms with Crippen molar-refractivity contribution in [2.24, 2.45) is 11.8 Å². The summed E-state index contributed by atoms with van der Waals surface area (Å²) in [6.07, 6.45) is 3.40. The van der Waals surface area contributed by atoms with Crippen LogP contribution in [0.25, 0.3) is 0 Å². The van der Waals surface area contributed by atoms with Crippen molar-refractivity contribution in [2.45, 2.75) is 39.2 Å². The maximum atomic E-state index is 13.6. The number of piperidine rings is 2. The molecule has 0 saturated carbocycles. The normalized spacial score (nSPS) is 21.5. The van der Waals surface area contributed by atoms with Crippen LogP contribution in [0.5, 0.6) is 0 Å². The largest absolute Gasteiger partial charge is 0.352 e. The van der Waals surface area contributed by atoms with Gasteiger partial charge in [-0.25, -0.2) is 4.39 Å². The monoisotopic (exact) mass is 361 g/mol. The van der Waals surface area contributed by atoms with Crippen molar-refractivity contribution in [1.82, 2.24) is 15.5 Å². The van der Waals surface area contributed by atoms with E-state index < -0.39 is 0 Å². The molecule has 2 aliphatic heterocycles. The van der Waals surface area contributed by atoms with Crippen LogP contribution in [0.3, 0.4) is 0 Å². The van der Waals surface area contributed by atoms with Crippen molar-refractivity contribution in [3.05, 3.63) is 35.1 Å². The fourth-order valence-electron chi connectivity index (χ4n) is 3.76. The second kappa shape index (κ2) is 8.62. The Morgan fingerprint density at radius 3 is 2.65 bits per heavy atom. The van der Waals surface area contributed by atoms with Gasteiger partial charge in [-0.15, -0.1) is 0 Å². The third kappa shape index (κ3) is 4.61. The molecule has 6 heteroatoms. The number of halogens is 1. The number of aryl methyl sites for hydroxylation is 1. The molecular formula is C20H28FN3O2. The standard InChI is InChI=1S/C20H28FN3O2/c1-14-4-5-15(11-18(14)21)12-23-19(25)16-6-9-24(10-7-16)20(26)17-3-2-8-22-13-17/h4-5,11,16-17,22H,2-3,6-10,12-13H2,1H3,(H,23,25). The Bertz CT molecular complexity index is 650. The second-order valence-electron chi connectivity index (χ2n) is 7.44. The van der Waals surface area contributed by atoms with Crippen molar-refractivity contribution >= 4 is 11.8 Å². The number of carbonyl (C=O) groups excluding carboxylic acids is 2. The lowest BCUT2D eigenvalue weighted by atomic mass is 9.93. The molecule has 2 aliphatic rings. The van der Waals surface area contributed by atoms with E-state index in [-0.39, 0.29) is 29.5 Å². The van der Waals surface area contributed by atoms with Gasteiger partial charge in [-0.1, -0.05) is 12.1 Å². The van der Waals surface area contributed by atoms with E-state index in [2.05, 4.69) is 10.6 Å². The highest BCUT2D eigenvalue weighted by Gasteiger charge is 2.31. The number of likely N-dealkylation sites (tertiary alicyclic amines) is 1. The first kappa shape index (κ1) is 18.8. The van der Waals surface area contributed by atoms with E-state index in [9.17, 15) is 14.0 Å². The molecule has 2 fully saturated rings. The van der Waals surface area contributed by atoms with E-state index in [1.165, 1.54) is 6.07 Å². The number of hydrogen-bond donors (Lipinski definition) is 2. The first-order chi connectivity index (χ1) is 12.5. The van der Waals surface area contributed by atoms with Gasteiger partial charge in [-0.3, -0.25) is 9.59 Å². The molecule has 1 aromatic rings. The van der Waals surface area contributed by atoms with E-state index in [4.69, 9.17) is 0 Å². The summed E-state index contributed by atoms with van der Waals surface area (Å²) in [6, 6.07) is 5.02. The summed E-state index contributed by atoms with van der Waals surface area (Å²) in [4.78, 5) is 26.8. The molecule has 0 spiro atoms. The lowest BCUT2D eigenvalue weighted by Gasteiger charge is -2.34. The number of rotatable bonds is 4. The Balaban J connectivity index is 1.44. The lowest BCUT2D eigenvalue weighted by molar-refractivity contribution is -0.139. The van der Waals surface area contributed by atoms with Crippen LogP contribution in [-0.2, 0) is 16.1 Å². The van der Waals surface area contributed by atoms with Crippen molar-refractivity contribution in [3.63, 3.8) is 0 Å². The fraction of sp³-hybridized carbons (Fsp3) is 0.600. The third-order valence-electron chi connectivity index (χ3n) is 5.53. The molecule has 142 valence electrons. The summed E-state index contributed by atoms with van der Waals surface area (Å²) < 4.78 is 13.6. The van der Waals surface area contributed by atoms with Gasteiger partial charge in [-0.05, 0) is 56.3 Å². The third-order valence-corrected chi connectivity index (χ3v) is 5.53. The first-order valence-electron chi connectivity index (χ1n) is 9.57. The Hall–Kier alpha value is -1.95. The van der Waals surface area contributed by atoms with Gasteiger partial charge in [0.1, 0.15) is 5.82 Å². The summed E-state index contributed by atoms with van der Waals surface area (Å²) in [6.45, 7) is 5.11. The zero-order valence-electron chi connectivity index (χ0n) is 15.4. The van der Waals surface area contributed by atoms with Crippen molar-refractivity contribution in [2.75, 3.05) is 26.2 Å². The van der Waals surface area contributed by atoms with Gasteiger partial charge in [-0.2, -0.15) is 0 Å². The van der Waals surface area contributed by atoms with Gasteiger partial charge in [0.25, 0.3) is 0 Å². The molecule has 0 aromatic heterocycles. The van der Waals surface area contributed by atoms with E-state index >= 15 is 0 Å². The highest BCUT2D eigenvalue weighted by molar-refractivity contribution is 5.81. The second-order valence-corrected chi connectivity index (χ2v) is 7.44. The molecule has 26 heavy (non-hydrogen) atoms. The van der Waals surface area contributed by atoms with E-state index in [1.54, 1.807) is 13.0 Å². The topological polar surface area (TPSA) is 61.4 Å². The molecule has 1 aromatic carbocycles. The molecule has 3 rings (SSSR count). The van der Waals surface area contributed by atoms with Gasteiger partial charge in [0.05, 0.1) is 5.92 Å². The minimum Gasteiger partial charge on any atom is -0.352 e. The SMILES string of the molecule is Cc1ccc(CNC(=O)C2CCN(C(=O)C3CCCNC3)CC2)cc1F. The van der Waals surface area contributed by atoms with Gasteiger partial charge in [0, 0.05) is 32.1 Å². The van der Waals surface area contributed by atoms with Crippen molar-refractivity contribution in [1.29, 1.82) is 0 Å². The molecule has 5 nitrogen and oxygen atoms in total. The average Bonchev–Trinajstić information content (AvgIpc) is 2.69. The van der Waals surface area contributed by atoms with Gasteiger partial charge < -0.3 is 15.5 Å². The predicted molar refractivity (Wildman–Crippen MR) is 97.9 cm³/mol. The van der Waals surface area contributed by atoms with Crippen molar-refractivity contribution in [3.8, 4) is 0 Å². The highest BCUT2D eigenvalue weighted by atomic mass is 19.1. The Morgan fingerprint density at radius 2 is 2.00 bits per heavy atom. The molecule has 2 heterocycles. The number of amides is 2. The Kier molecular flexibility index (Phi) is 6.25. The van der Waals surface area contributed by atoms with Crippen LogP contribution in [0.2, 0.25) is 0 Å².